The molecule has 0 spiro atoms. The van der Waals surface area contributed by atoms with Crippen molar-refractivity contribution >= 4 is 28.6 Å². The molecular formula is C10H8F3IO4. The molecule has 0 aliphatic rings. The molecule has 0 heterocycles. The maximum atomic E-state index is 11.7. The summed E-state index contributed by atoms with van der Waals surface area (Å²) >= 11 is 1.92. The molecule has 18 heavy (non-hydrogen) atoms. The predicted octanol–water partition coefficient (Wildman–Crippen LogP) is 2.90. The van der Waals surface area contributed by atoms with Crippen LogP contribution in [0.4, 0.5) is 13.2 Å². The first-order valence-corrected chi connectivity index (χ1v) is 5.74. The molecule has 0 aromatic heterocycles. The summed E-state index contributed by atoms with van der Waals surface area (Å²) in [5.74, 6) is -1.20. The van der Waals surface area contributed by atoms with Crippen LogP contribution in [-0.4, -0.2) is 30.7 Å². The van der Waals surface area contributed by atoms with Gasteiger partial charge in [0.05, 0.1) is 6.61 Å². The minimum absolute atomic E-state index is 0.00805. The normalized spacial score (nSPS) is 11.3. The molecule has 0 amide bonds. The molecule has 0 radical (unpaired) electrons. The van der Waals surface area contributed by atoms with Crippen LogP contribution in [0.1, 0.15) is 10.4 Å². The van der Waals surface area contributed by atoms with E-state index in [1.165, 1.54) is 12.1 Å². The number of rotatable bonds is 5. The minimum atomic E-state index is -4.72. The highest BCUT2D eigenvalue weighted by molar-refractivity contribution is 14.1. The fourth-order valence-electron chi connectivity index (χ4n) is 1.10. The van der Waals surface area contributed by atoms with Gasteiger partial charge in [-0.2, -0.15) is 0 Å². The van der Waals surface area contributed by atoms with E-state index >= 15 is 0 Å². The molecule has 100 valence electrons. The highest BCUT2D eigenvalue weighted by Gasteiger charge is 2.28. The average molecular weight is 376 g/mol. The number of hydrogen-bond acceptors (Lipinski definition) is 3. The van der Waals surface area contributed by atoms with Crippen LogP contribution in [0.5, 0.6) is 5.75 Å². The van der Waals surface area contributed by atoms with E-state index in [1.807, 2.05) is 22.6 Å². The predicted molar refractivity (Wildman–Crippen MR) is 63.6 cm³/mol. The SMILES string of the molecule is O=C(O)c1cc(I)ccc1OCCOC(F)(F)F. The Labute approximate surface area is 114 Å². The second-order valence-corrected chi connectivity index (χ2v) is 4.33. The maximum absolute atomic E-state index is 11.7. The summed E-state index contributed by atoms with van der Waals surface area (Å²) in [6.45, 7) is -1.09. The topological polar surface area (TPSA) is 55.8 Å². The van der Waals surface area contributed by atoms with Crippen LogP contribution in [0.3, 0.4) is 0 Å². The van der Waals surface area contributed by atoms with Crippen LogP contribution in [0.2, 0.25) is 0 Å². The summed E-state index contributed by atoms with van der Waals surface area (Å²) < 4.78 is 44.1. The number of benzene rings is 1. The van der Waals surface area contributed by atoms with E-state index in [1.54, 1.807) is 6.07 Å². The molecule has 0 aliphatic heterocycles. The van der Waals surface area contributed by atoms with Crippen molar-refractivity contribution in [3.05, 3.63) is 27.3 Å². The Morgan fingerprint density at radius 2 is 2.00 bits per heavy atom. The second kappa shape index (κ2) is 6.23. The molecule has 1 rings (SSSR count). The number of carbonyl (C=O) groups is 1. The number of hydrogen-bond donors (Lipinski definition) is 1. The van der Waals surface area contributed by atoms with Crippen LogP contribution < -0.4 is 4.74 Å². The fraction of sp³-hybridized carbons (Fsp3) is 0.300. The molecule has 0 bridgehead atoms. The maximum Gasteiger partial charge on any atom is 0.522 e. The van der Waals surface area contributed by atoms with E-state index in [2.05, 4.69) is 4.74 Å². The van der Waals surface area contributed by atoms with Gasteiger partial charge in [-0.1, -0.05) is 0 Å². The van der Waals surface area contributed by atoms with Crippen molar-refractivity contribution in [2.45, 2.75) is 6.36 Å². The van der Waals surface area contributed by atoms with Gasteiger partial charge in [0.25, 0.3) is 0 Å². The summed E-state index contributed by atoms with van der Waals surface area (Å²) in [5, 5.41) is 8.88. The highest BCUT2D eigenvalue weighted by atomic mass is 127. The third-order valence-electron chi connectivity index (χ3n) is 1.78. The molecule has 4 nitrogen and oxygen atoms in total. The lowest BCUT2D eigenvalue weighted by atomic mass is 10.2. The number of carboxylic acids is 1. The number of ether oxygens (including phenoxy) is 2. The molecule has 0 atom stereocenters. The average Bonchev–Trinajstić information content (AvgIpc) is 2.24. The van der Waals surface area contributed by atoms with Crippen molar-refractivity contribution in [1.29, 1.82) is 0 Å². The van der Waals surface area contributed by atoms with Gasteiger partial charge in [0.2, 0.25) is 0 Å². The highest BCUT2D eigenvalue weighted by Crippen LogP contribution is 2.22. The Bertz CT molecular complexity index is 434. The van der Waals surface area contributed by atoms with Gasteiger partial charge in [-0.25, -0.2) is 4.79 Å². The Morgan fingerprint density at radius 1 is 1.33 bits per heavy atom. The Kier molecular flexibility index (Phi) is 5.20. The molecular weight excluding hydrogens is 368 g/mol. The van der Waals surface area contributed by atoms with Crippen LogP contribution >= 0.6 is 22.6 Å². The zero-order valence-corrected chi connectivity index (χ0v) is 11.0. The first-order valence-electron chi connectivity index (χ1n) is 4.66. The minimum Gasteiger partial charge on any atom is -0.490 e. The summed E-state index contributed by atoms with van der Waals surface area (Å²) in [6.07, 6.45) is -4.72. The first-order chi connectivity index (χ1) is 8.29. The number of aromatic carboxylic acids is 1. The van der Waals surface area contributed by atoms with Gasteiger partial charge in [-0.15, -0.1) is 13.2 Å². The molecule has 0 saturated heterocycles. The van der Waals surface area contributed by atoms with Crippen molar-refractivity contribution in [1.82, 2.24) is 0 Å². The Morgan fingerprint density at radius 3 is 2.56 bits per heavy atom. The summed E-state index contributed by atoms with van der Waals surface area (Å²) in [7, 11) is 0. The molecule has 0 fully saturated rings. The van der Waals surface area contributed by atoms with Crippen molar-refractivity contribution in [2.75, 3.05) is 13.2 Å². The standard InChI is InChI=1S/C10H8F3IO4/c11-10(12,13)18-4-3-17-8-2-1-6(14)5-7(8)9(15)16/h1-2,5H,3-4H2,(H,15,16). The van der Waals surface area contributed by atoms with Gasteiger partial charge in [0, 0.05) is 3.57 Å². The number of alkyl halides is 3. The van der Waals surface area contributed by atoms with E-state index in [0.29, 0.717) is 3.57 Å². The van der Waals surface area contributed by atoms with Crippen LogP contribution in [-0.2, 0) is 4.74 Å². The van der Waals surface area contributed by atoms with Gasteiger partial charge in [-0.05, 0) is 40.8 Å². The van der Waals surface area contributed by atoms with Gasteiger partial charge in [0.1, 0.15) is 17.9 Å². The quantitative estimate of drug-likeness (QED) is 0.635. The number of carboxylic acid groups (broad SMARTS) is 1. The van der Waals surface area contributed by atoms with E-state index in [-0.39, 0.29) is 17.9 Å². The summed E-state index contributed by atoms with van der Waals surface area (Å²) in [6, 6.07) is 4.34. The first kappa shape index (κ1) is 15.0. The van der Waals surface area contributed by atoms with E-state index < -0.39 is 18.9 Å². The second-order valence-electron chi connectivity index (χ2n) is 3.09. The molecule has 1 aromatic rings. The van der Waals surface area contributed by atoms with Gasteiger partial charge < -0.3 is 9.84 Å². The Balaban J connectivity index is 2.59. The smallest absolute Gasteiger partial charge is 0.490 e. The van der Waals surface area contributed by atoms with E-state index in [9.17, 15) is 18.0 Å². The monoisotopic (exact) mass is 376 g/mol. The van der Waals surface area contributed by atoms with Crippen LogP contribution in [0.15, 0.2) is 18.2 Å². The number of halogens is 4. The largest absolute Gasteiger partial charge is 0.522 e. The zero-order chi connectivity index (χ0) is 13.8. The molecule has 8 heteroatoms. The lowest BCUT2D eigenvalue weighted by molar-refractivity contribution is -0.325. The molecule has 0 saturated carbocycles. The van der Waals surface area contributed by atoms with Crippen LogP contribution in [0.25, 0.3) is 0 Å². The molecule has 1 N–H and O–H groups in total. The lowest BCUT2D eigenvalue weighted by Gasteiger charge is -2.11. The molecule has 1 aromatic carbocycles. The molecule has 0 aliphatic carbocycles. The van der Waals surface area contributed by atoms with Gasteiger partial charge in [-0.3, -0.25) is 4.74 Å². The Hall–Kier alpha value is -1.03. The van der Waals surface area contributed by atoms with E-state index in [4.69, 9.17) is 9.84 Å². The van der Waals surface area contributed by atoms with Gasteiger partial charge in [0.15, 0.2) is 0 Å². The van der Waals surface area contributed by atoms with Crippen molar-refractivity contribution in [2.24, 2.45) is 0 Å². The van der Waals surface area contributed by atoms with Crippen LogP contribution in [0, 0.1) is 3.57 Å². The third-order valence-corrected chi connectivity index (χ3v) is 2.45. The van der Waals surface area contributed by atoms with E-state index in [0.717, 1.165) is 0 Å². The van der Waals surface area contributed by atoms with Crippen molar-refractivity contribution in [3.8, 4) is 5.75 Å². The third kappa shape index (κ3) is 5.08. The summed E-state index contributed by atoms with van der Waals surface area (Å²) in [5.41, 5.74) is -0.103. The van der Waals surface area contributed by atoms with Gasteiger partial charge >= 0.3 is 12.3 Å². The fourth-order valence-corrected chi connectivity index (χ4v) is 1.60. The van der Waals surface area contributed by atoms with Crippen molar-refractivity contribution < 1.29 is 32.5 Å². The van der Waals surface area contributed by atoms with Crippen molar-refractivity contribution in [3.63, 3.8) is 0 Å². The summed E-state index contributed by atoms with van der Waals surface area (Å²) in [4.78, 5) is 10.9. The lowest BCUT2D eigenvalue weighted by Crippen LogP contribution is -2.18. The zero-order valence-electron chi connectivity index (χ0n) is 8.83. The molecule has 0 unspecified atom stereocenters.